The van der Waals surface area contributed by atoms with Crippen LogP contribution in [0.25, 0.3) is 0 Å². The van der Waals surface area contributed by atoms with Crippen molar-refractivity contribution >= 4 is 5.91 Å². The van der Waals surface area contributed by atoms with Crippen LogP contribution in [0.4, 0.5) is 0 Å². The number of amides is 1. The lowest BCUT2D eigenvalue weighted by atomic mass is 9.99. The summed E-state index contributed by atoms with van der Waals surface area (Å²) >= 11 is 0. The Balaban J connectivity index is 1.58. The van der Waals surface area contributed by atoms with E-state index in [4.69, 9.17) is 0 Å². The molecule has 1 amide bonds. The maximum absolute atomic E-state index is 12.7. The molecular weight excluding hydrogens is 320 g/mol. The zero-order valence-electron chi connectivity index (χ0n) is 16.2. The average molecular weight is 351 g/mol. The van der Waals surface area contributed by atoms with Gasteiger partial charge in [-0.3, -0.25) is 9.69 Å². The number of piperidine rings is 1. The van der Waals surface area contributed by atoms with E-state index in [-0.39, 0.29) is 5.91 Å². The molecule has 1 heterocycles. The Hall–Kier alpha value is -2.13. The summed E-state index contributed by atoms with van der Waals surface area (Å²) in [4.78, 5) is 17.0. The number of benzene rings is 2. The first-order chi connectivity index (χ1) is 12.5. The first-order valence-corrected chi connectivity index (χ1v) is 9.63. The highest BCUT2D eigenvalue weighted by molar-refractivity contribution is 5.94. The van der Waals surface area contributed by atoms with E-state index < -0.39 is 0 Å². The van der Waals surface area contributed by atoms with Gasteiger partial charge in [0.15, 0.2) is 0 Å². The fraction of sp³-hybridized carbons (Fsp3) is 0.435. The molecule has 3 heteroatoms. The molecule has 0 aromatic heterocycles. The van der Waals surface area contributed by atoms with Crippen LogP contribution in [0.5, 0.6) is 0 Å². The molecule has 1 aliphatic rings. The molecule has 1 saturated heterocycles. The number of likely N-dealkylation sites (tertiary alicyclic amines) is 1. The van der Waals surface area contributed by atoms with E-state index in [1.807, 2.05) is 19.2 Å². The normalized spacial score (nSPS) is 17.9. The summed E-state index contributed by atoms with van der Waals surface area (Å²) in [5, 5.41) is 0. The Morgan fingerprint density at radius 3 is 2.38 bits per heavy atom. The van der Waals surface area contributed by atoms with Gasteiger partial charge >= 0.3 is 0 Å². The van der Waals surface area contributed by atoms with E-state index in [9.17, 15) is 4.79 Å². The van der Waals surface area contributed by atoms with Gasteiger partial charge in [0.25, 0.3) is 5.91 Å². The quantitative estimate of drug-likeness (QED) is 0.793. The third-order valence-electron chi connectivity index (χ3n) is 5.24. The molecule has 1 atom stereocenters. The zero-order chi connectivity index (χ0) is 18.5. The first-order valence-electron chi connectivity index (χ1n) is 9.63. The Labute approximate surface area is 157 Å². The third kappa shape index (κ3) is 4.95. The second-order valence-electron chi connectivity index (χ2n) is 7.83. The van der Waals surface area contributed by atoms with Crippen molar-refractivity contribution in [3.63, 3.8) is 0 Å². The largest absolute Gasteiger partial charge is 0.337 e. The summed E-state index contributed by atoms with van der Waals surface area (Å²) in [6, 6.07) is 16.5. The van der Waals surface area contributed by atoms with Crippen molar-refractivity contribution in [1.82, 2.24) is 9.80 Å². The van der Waals surface area contributed by atoms with Gasteiger partial charge in [-0.25, -0.2) is 0 Å². The second-order valence-corrected chi connectivity index (χ2v) is 7.83. The SMILES string of the molecule is Cc1ccc(CN(C)C(=O)c2ccc(CN3CCCC(C)C3)cc2)cc1. The number of hydrogen-bond acceptors (Lipinski definition) is 2. The Kier molecular flexibility index (Phi) is 6.10. The van der Waals surface area contributed by atoms with Gasteiger partial charge in [-0.15, -0.1) is 0 Å². The van der Waals surface area contributed by atoms with Crippen LogP contribution >= 0.6 is 0 Å². The van der Waals surface area contributed by atoms with Crippen LogP contribution in [0, 0.1) is 12.8 Å². The van der Waals surface area contributed by atoms with Crippen molar-refractivity contribution in [3.8, 4) is 0 Å². The molecule has 1 fully saturated rings. The average Bonchev–Trinajstić information content (AvgIpc) is 2.64. The fourth-order valence-electron chi connectivity index (χ4n) is 3.70. The Morgan fingerprint density at radius 1 is 1.08 bits per heavy atom. The lowest BCUT2D eigenvalue weighted by Gasteiger charge is -2.30. The van der Waals surface area contributed by atoms with Gasteiger partial charge in [-0.2, -0.15) is 0 Å². The predicted octanol–water partition coefficient (Wildman–Crippen LogP) is 4.50. The Morgan fingerprint density at radius 2 is 1.73 bits per heavy atom. The van der Waals surface area contributed by atoms with Crippen LogP contribution in [0.15, 0.2) is 48.5 Å². The molecule has 26 heavy (non-hydrogen) atoms. The topological polar surface area (TPSA) is 23.6 Å². The van der Waals surface area contributed by atoms with Crippen LogP contribution in [0.3, 0.4) is 0 Å². The minimum Gasteiger partial charge on any atom is -0.337 e. The van der Waals surface area contributed by atoms with Crippen molar-refractivity contribution < 1.29 is 4.79 Å². The molecule has 0 radical (unpaired) electrons. The van der Waals surface area contributed by atoms with Gasteiger partial charge in [-0.05, 0) is 55.5 Å². The van der Waals surface area contributed by atoms with Crippen molar-refractivity contribution in [2.45, 2.75) is 39.8 Å². The number of nitrogens with zero attached hydrogens (tertiary/aromatic N) is 2. The highest BCUT2D eigenvalue weighted by Crippen LogP contribution is 2.18. The van der Waals surface area contributed by atoms with Crippen LogP contribution in [-0.2, 0) is 13.1 Å². The van der Waals surface area contributed by atoms with Gasteiger partial charge in [0.05, 0.1) is 0 Å². The molecule has 3 nitrogen and oxygen atoms in total. The summed E-state index contributed by atoms with van der Waals surface area (Å²) in [5.74, 6) is 0.865. The van der Waals surface area contributed by atoms with E-state index in [2.05, 4.69) is 55.1 Å². The molecule has 138 valence electrons. The minimum absolute atomic E-state index is 0.0729. The number of rotatable bonds is 5. The van der Waals surface area contributed by atoms with Gasteiger partial charge in [0, 0.05) is 32.2 Å². The first kappa shape index (κ1) is 18.7. The smallest absolute Gasteiger partial charge is 0.253 e. The highest BCUT2D eigenvalue weighted by atomic mass is 16.2. The van der Waals surface area contributed by atoms with Crippen LogP contribution < -0.4 is 0 Å². The fourth-order valence-corrected chi connectivity index (χ4v) is 3.70. The number of aryl methyl sites for hydroxylation is 1. The summed E-state index contributed by atoms with van der Waals surface area (Å²) in [5.41, 5.74) is 4.44. The number of carbonyl (C=O) groups is 1. The lowest BCUT2D eigenvalue weighted by molar-refractivity contribution is 0.0785. The molecule has 3 rings (SSSR count). The van der Waals surface area contributed by atoms with Crippen molar-refractivity contribution in [2.24, 2.45) is 5.92 Å². The Bertz CT molecular complexity index is 721. The summed E-state index contributed by atoms with van der Waals surface area (Å²) < 4.78 is 0. The molecule has 2 aromatic carbocycles. The second kappa shape index (κ2) is 8.50. The molecular formula is C23H30N2O. The molecule has 0 N–H and O–H groups in total. The number of carbonyl (C=O) groups excluding carboxylic acids is 1. The molecule has 1 aliphatic heterocycles. The minimum atomic E-state index is 0.0729. The van der Waals surface area contributed by atoms with Crippen molar-refractivity contribution in [3.05, 3.63) is 70.8 Å². The molecule has 0 bridgehead atoms. The highest BCUT2D eigenvalue weighted by Gasteiger charge is 2.17. The van der Waals surface area contributed by atoms with Gasteiger partial charge in [0.2, 0.25) is 0 Å². The summed E-state index contributed by atoms with van der Waals surface area (Å²) in [6.45, 7) is 8.39. The van der Waals surface area contributed by atoms with Gasteiger partial charge in [-0.1, -0.05) is 48.9 Å². The van der Waals surface area contributed by atoms with E-state index in [1.165, 1.54) is 37.1 Å². The summed E-state index contributed by atoms with van der Waals surface area (Å²) in [7, 11) is 1.87. The molecule has 0 saturated carbocycles. The van der Waals surface area contributed by atoms with E-state index >= 15 is 0 Å². The van der Waals surface area contributed by atoms with E-state index in [0.717, 1.165) is 23.6 Å². The third-order valence-corrected chi connectivity index (χ3v) is 5.24. The van der Waals surface area contributed by atoms with Crippen LogP contribution in [0.1, 0.15) is 46.8 Å². The van der Waals surface area contributed by atoms with Crippen molar-refractivity contribution in [1.29, 1.82) is 0 Å². The van der Waals surface area contributed by atoms with E-state index in [1.54, 1.807) is 4.90 Å². The molecule has 2 aromatic rings. The van der Waals surface area contributed by atoms with E-state index in [0.29, 0.717) is 6.54 Å². The molecule has 0 spiro atoms. The maximum atomic E-state index is 12.7. The predicted molar refractivity (Wildman–Crippen MR) is 107 cm³/mol. The van der Waals surface area contributed by atoms with Gasteiger partial charge < -0.3 is 4.90 Å². The summed E-state index contributed by atoms with van der Waals surface area (Å²) in [6.07, 6.45) is 2.64. The van der Waals surface area contributed by atoms with Crippen LogP contribution in [0.2, 0.25) is 0 Å². The number of hydrogen-bond donors (Lipinski definition) is 0. The van der Waals surface area contributed by atoms with Crippen molar-refractivity contribution in [2.75, 3.05) is 20.1 Å². The molecule has 0 aliphatic carbocycles. The maximum Gasteiger partial charge on any atom is 0.253 e. The lowest BCUT2D eigenvalue weighted by Crippen LogP contribution is -2.33. The van der Waals surface area contributed by atoms with Gasteiger partial charge in [0.1, 0.15) is 0 Å². The monoisotopic (exact) mass is 350 g/mol. The van der Waals surface area contributed by atoms with Crippen LogP contribution in [-0.4, -0.2) is 35.8 Å². The molecule has 1 unspecified atom stereocenters. The zero-order valence-corrected chi connectivity index (χ0v) is 16.2. The standard InChI is InChI=1S/C23H30N2O/c1-18-6-8-20(9-7-18)16-24(3)23(26)22-12-10-21(11-13-22)17-25-14-4-5-19(2)15-25/h6-13,19H,4-5,14-17H2,1-3H3.